The van der Waals surface area contributed by atoms with Crippen molar-refractivity contribution in [1.29, 1.82) is 0 Å². The van der Waals surface area contributed by atoms with Gasteiger partial charge in [-0.25, -0.2) is 9.67 Å². The van der Waals surface area contributed by atoms with Crippen LogP contribution in [0.4, 0.5) is 11.8 Å². The van der Waals surface area contributed by atoms with Gasteiger partial charge >= 0.3 is 5.97 Å². The number of carbonyl (C=O) groups is 2. The number of fused-ring (bicyclic) bond motifs is 1. The summed E-state index contributed by atoms with van der Waals surface area (Å²) in [6.07, 6.45) is 18.1. The summed E-state index contributed by atoms with van der Waals surface area (Å²) >= 11 is 0. The lowest BCUT2D eigenvalue weighted by molar-refractivity contribution is -0.136. The molecule has 2 aromatic heterocycles. The number of carboxylic acid groups (broad SMARTS) is 1. The van der Waals surface area contributed by atoms with Crippen LogP contribution in [0.15, 0.2) is 24.3 Å². The number of anilines is 2. The smallest absolute Gasteiger partial charge is 0.317 e. The molecule has 4 N–H and O–H groups in total. The van der Waals surface area contributed by atoms with Crippen LogP contribution in [0.25, 0.3) is 10.9 Å². The Morgan fingerprint density at radius 2 is 1.68 bits per heavy atom. The Hall–Kier alpha value is -3.87. The van der Waals surface area contributed by atoms with Gasteiger partial charge in [0.05, 0.1) is 18.6 Å². The third kappa shape index (κ3) is 11.1. The third-order valence-electron chi connectivity index (χ3n) is 9.55. The number of nitrogens with zero attached hydrogens (tertiary/aromatic N) is 7. The second-order valence-corrected chi connectivity index (χ2v) is 13.1. The van der Waals surface area contributed by atoms with E-state index in [9.17, 15) is 9.59 Å². The van der Waals surface area contributed by atoms with Crippen LogP contribution in [0, 0.1) is 5.92 Å². The second kappa shape index (κ2) is 18.5. The van der Waals surface area contributed by atoms with Crippen molar-refractivity contribution in [3.8, 4) is 0 Å². The number of carboxylic acids is 1. The molecule has 13 heteroatoms. The van der Waals surface area contributed by atoms with Crippen LogP contribution >= 0.6 is 0 Å². The molecule has 0 atom stereocenters. The number of carbonyl (C=O) groups excluding carboxylic acids is 1. The van der Waals surface area contributed by atoms with Crippen molar-refractivity contribution < 1.29 is 14.7 Å². The summed E-state index contributed by atoms with van der Waals surface area (Å²) in [5.74, 6) is 2.15. The Morgan fingerprint density at radius 1 is 0.915 bits per heavy atom. The van der Waals surface area contributed by atoms with Crippen LogP contribution in [0.5, 0.6) is 0 Å². The molecule has 0 radical (unpaired) electrons. The van der Waals surface area contributed by atoms with Crippen LogP contribution in [-0.2, 0) is 22.7 Å². The maximum atomic E-state index is 12.6. The van der Waals surface area contributed by atoms with E-state index in [-0.39, 0.29) is 18.5 Å². The lowest BCUT2D eigenvalue weighted by atomic mass is 9.85. The molecule has 0 bridgehead atoms. The zero-order valence-electron chi connectivity index (χ0n) is 27.7. The van der Waals surface area contributed by atoms with Crippen LogP contribution in [0.1, 0.15) is 102 Å². The molecule has 2 fully saturated rings. The van der Waals surface area contributed by atoms with Gasteiger partial charge in [-0.05, 0) is 47.7 Å². The third-order valence-corrected chi connectivity index (χ3v) is 9.55. The number of likely N-dealkylation sites (tertiary alicyclic amines) is 1. The van der Waals surface area contributed by atoms with E-state index in [0.717, 1.165) is 54.3 Å². The van der Waals surface area contributed by atoms with E-state index < -0.39 is 5.97 Å². The second-order valence-electron chi connectivity index (χ2n) is 13.1. The number of nitrogens with one attached hydrogen (secondary N) is 3. The highest BCUT2D eigenvalue weighted by molar-refractivity contribution is 5.90. The average Bonchev–Trinajstić information content (AvgIpc) is 3.54. The largest absolute Gasteiger partial charge is 0.480 e. The molecule has 1 aromatic carbocycles. The highest BCUT2D eigenvalue weighted by Gasteiger charge is 2.23. The molecule has 47 heavy (non-hydrogen) atoms. The maximum absolute atomic E-state index is 12.6. The minimum Gasteiger partial charge on any atom is -0.480 e. The zero-order valence-corrected chi connectivity index (χ0v) is 27.7. The maximum Gasteiger partial charge on any atom is 0.317 e. The fourth-order valence-electron chi connectivity index (χ4n) is 6.84. The number of aryl methyl sites for hydroxylation is 1. The van der Waals surface area contributed by atoms with Crippen molar-refractivity contribution in [2.45, 2.75) is 115 Å². The number of para-hydroxylation sites is 1. The van der Waals surface area contributed by atoms with Crippen LogP contribution in [-0.4, -0.2) is 84.3 Å². The molecule has 1 amide bonds. The van der Waals surface area contributed by atoms with E-state index >= 15 is 0 Å². The number of aliphatic carboxylic acids is 1. The molecule has 0 unspecified atom stereocenters. The summed E-state index contributed by atoms with van der Waals surface area (Å²) in [6.45, 7) is 2.74. The van der Waals surface area contributed by atoms with E-state index in [1.165, 1.54) is 70.6 Å². The molecule has 2 aliphatic rings. The molecule has 5 rings (SSSR count). The van der Waals surface area contributed by atoms with Crippen LogP contribution < -0.4 is 16.0 Å². The highest BCUT2D eigenvalue weighted by Crippen LogP contribution is 2.28. The standard InChI is InChI=1S/C34H52N10O3/c45-31(17-20-35-25-32(46)47)43-22-18-27(19-23-43)37-33-28-15-9-10-16-29(28)38-34(39-33)36-24-30-40-41-42-44(30)21-11-4-2-1-3-6-12-26-13-7-5-8-14-26/h9-10,15-16,26-27,35H,1-8,11-14,17-25H2,(H,46,47)(H2,36,37,38,39). The first kappa shape index (κ1) is 34.5. The Kier molecular flexibility index (Phi) is 13.5. The van der Waals surface area contributed by atoms with E-state index in [4.69, 9.17) is 15.1 Å². The molecule has 1 saturated carbocycles. The molecule has 1 aliphatic heterocycles. The van der Waals surface area contributed by atoms with Crippen molar-refractivity contribution in [2.75, 3.05) is 36.8 Å². The predicted octanol–water partition coefficient (Wildman–Crippen LogP) is 5.01. The summed E-state index contributed by atoms with van der Waals surface area (Å²) < 4.78 is 1.88. The van der Waals surface area contributed by atoms with Crippen molar-refractivity contribution >= 4 is 34.5 Å². The zero-order chi connectivity index (χ0) is 32.7. The first-order valence-electron chi connectivity index (χ1n) is 17.8. The van der Waals surface area contributed by atoms with Gasteiger partial charge in [-0.1, -0.05) is 82.8 Å². The first-order chi connectivity index (χ1) is 23.0. The lowest BCUT2D eigenvalue weighted by Crippen LogP contribution is -2.43. The van der Waals surface area contributed by atoms with Crippen molar-refractivity contribution in [1.82, 2.24) is 40.4 Å². The predicted molar refractivity (Wildman–Crippen MR) is 182 cm³/mol. The number of rotatable bonds is 19. The number of unbranched alkanes of at least 4 members (excludes halogenated alkanes) is 5. The Morgan fingerprint density at radius 3 is 2.49 bits per heavy atom. The van der Waals surface area contributed by atoms with Gasteiger partial charge in [0.2, 0.25) is 11.9 Å². The van der Waals surface area contributed by atoms with Gasteiger partial charge in [-0.15, -0.1) is 5.10 Å². The normalized spacial score (nSPS) is 16.0. The van der Waals surface area contributed by atoms with Gasteiger partial charge < -0.3 is 26.0 Å². The topological polar surface area (TPSA) is 163 Å². The Balaban J connectivity index is 1.05. The number of benzene rings is 1. The molecule has 3 aromatic rings. The Labute approximate surface area is 277 Å². The number of hydrogen-bond acceptors (Lipinski definition) is 10. The molecule has 13 nitrogen and oxygen atoms in total. The number of hydrogen-bond donors (Lipinski definition) is 4. The molecule has 3 heterocycles. The van der Waals surface area contributed by atoms with Crippen molar-refractivity contribution in [3.63, 3.8) is 0 Å². The summed E-state index contributed by atoms with van der Waals surface area (Å²) in [4.78, 5) is 34.7. The van der Waals surface area contributed by atoms with Gasteiger partial charge in [-0.2, -0.15) is 4.98 Å². The molecular formula is C34H52N10O3. The molecular weight excluding hydrogens is 596 g/mol. The van der Waals surface area contributed by atoms with Gasteiger partial charge in [0.25, 0.3) is 0 Å². The van der Waals surface area contributed by atoms with Crippen molar-refractivity contribution in [3.05, 3.63) is 30.1 Å². The summed E-state index contributed by atoms with van der Waals surface area (Å²) in [6, 6.07) is 8.11. The first-order valence-corrected chi connectivity index (χ1v) is 17.8. The monoisotopic (exact) mass is 648 g/mol. The summed E-state index contributed by atoms with van der Waals surface area (Å²) in [7, 11) is 0. The summed E-state index contributed by atoms with van der Waals surface area (Å²) in [5, 5.41) is 31.8. The van der Waals surface area contributed by atoms with E-state index in [1.54, 1.807) is 0 Å². The van der Waals surface area contributed by atoms with Gasteiger partial charge in [-0.3, -0.25) is 9.59 Å². The molecule has 256 valence electrons. The van der Waals surface area contributed by atoms with E-state index in [1.807, 2.05) is 33.8 Å². The van der Waals surface area contributed by atoms with Crippen LogP contribution in [0.3, 0.4) is 0 Å². The summed E-state index contributed by atoms with van der Waals surface area (Å²) in [5.41, 5.74) is 0.840. The molecule has 1 aliphatic carbocycles. The van der Waals surface area contributed by atoms with E-state index in [0.29, 0.717) is 38.5 Å². The number of aromatic nitrogens is 6. The van der Waals surface area contributed by atoms with Crippen LogP contribution in [0.2, 0.25) is 0 Å². The lowest BCUT2D eigenvalue weighted by Gasteiger charge is -2.33. The SMILES string of the molecule is O=C(O)CNCCC(=O)N1CCC(Nc2nc(NCc3nnnn3CCCCCCCCC3CCCCC3)nc3ccccc23)CC1. The molecule has 0 spiro atoms. The quantitative estimate of drug-likeness (QED) is 0.129. The van der Waals surface area contributed by atoms with Crippen molar-refractivity contribution in [2.24, 2.45) is 5.92 Å². The number of amides is 1. The highest BCUT2D eigenvalue weighted by atomic mass is 16.4. The minimum absolute atomic E-state index is 0.0442. The minimum atomic E-state index is -0.925. The van der Waals surface area contributed by atoms with Gasteiger partial charge in [0, 0.05) is 44.0 Å². The molecule has 1 saturated heterocycles. The Bertz CT molecular complexity index is 1400. The number of tetrazole rings is 1. The van der Waals surface area contributed by atoms with Gasteiger partial charge in [0.1, 0.15) is 5.82 Å². The number of piperidine rings is 1. The fourth-order valence-corrected chi connectivity index (χ4v) is 6.84. The van der Waals surface area contributed by atoms with E-state index in [2.05, 4.69) is 31.5 Å². The average molecular weight is 649 g/mol. The van der Waals surface area contributed by atoms with Gasteiger partial charge in [0.15, 0.2) is 5.82 Å². The fraction of sp³-hybridized carbons (Fsp3) is 0.676.